The van der Waals surface area contributed by atoms with Crippen molar-refractivity contribution in [3.63, 3.8) is 0 Å². The van der Waals surface area contributed by atoms with Gasteiger partial charge >= 0.3 is 12.2 Å². The number of methoxy groups -OCH3 is 1. The van der Waals surface area contributed by atoms with Crippen LogP contribution in [0.5, 0.6) is 0 Å². The maximum atomic E-state index is 12.9. The molecule has 0 saturated carbocycles. The van der Waals surface area contributed by atoms with Gasteiger partial charge in [-0.25, -0.2) is 9.78 Å². The first-order chi connectivity index (χ1) is 10.5. The average molecular weight is 335 g/mol. The number of hydrogen-bond donors (Lipinski definition) is 2. The van der Waals surface area contributed by atoms with Gasteiger partial charge in [-0.15, -0.1) is 0 Å². The van der Waals surface area contributed by atoms with E-state index < -0.39 is 30.9 Å². The normalized spacial score (nSPS) is 17.8. The summed E-state index contributed by atoms with van der Waals surface area (Å²) in [5.74, 6) is 1.04. The topological polar surface area (TPSA) is 83.1 Å². The van der Waals surface area contributed by atoms with Crippen molar-refractivity contribution < 1.29 is 22.7 Å². The Hall–Kier alpha value is -1.84. The van der Waals surface area contributed by atoms with Crippen LogP contribution in [0.25, 0.3) is 0 Å². The second kappa shape index (κ2) is 5.66. The third-order valence-electron chi connectivity index (χ3n) is 3.70. The van der Waals surface area contributed by atoms with Crippen molar-refractivity contribution in [3.8, 4) is 0 Å². The summed E-state index contributed by atoms with van der Waals surface area (Å²) in [5.41, 5.74) is -2.50. The van der Waals surface area contributed by atoms with Gasteiger partial charge in [-0.1, -0.05) is 20.8 Å². The van der Waals surface area contributed by atoms with Crippen molar-refractivity contribution in [2.45, 2.75) is 44.5 Å². The zero-order valence-corrected chi connectivity index (χ0v) is 13.4. The summed E-state index contributed by atoms with van der Waals surface area (Å²) in [4.78, 5) is 17.1. The van der Waals surface area contributed by atoms with E-state index in [4.69, 9.17) is 0 Å². The number of carbonyl (C=O) groups excluding carboxylic acids is 1. The number of halogens is 3. The van der Waals surface area contributed by atoms with Crippen LogP contribution in [-0.4, -0.2) is 58.1 Å². The number of alkyl halides is 3. The SMILES string of the molecule is COC1(C(F)(F)F)CN(C(=O)NCc2nc(C(C)(C)C)n[nH]2)C1. The quantitative estimate of drug-likeness (QED) is 0.878. The summed E-state index contributed by atoms with van der Waals surface area (Å²) in [6.07, 6.45) is -4.51. The molecule has 0 aliphatic carbocycles. The second-order valence-corrected chi connectivity index (χ2v) is 6.57. The Balaban J connectivity index is 1.87. The molecule has 1 aliphatic rings. The first-order valence-corrected chi connectivity index (χ1v) is 7.05. The predicted octanol–water partition coefficient (Wildman–Crippen LogP) is 1.57. The molecule has 0 radical (unpaired) electrons. The lowest BCUT2D eigenvalue weighted by Crippen LogP contribution is -2.72. The van der Waals surface area contributed by atoms with Crippen molar-refractivity contribution >= 4 is 6.03 Å². The molecule has 0 bridgehead atoms. The Morgan fingerprint density at radius 1 is 1.39 bits per heavy atom. The second-order valence-electron chi connectivity index (χ2n) is 6.57. The highest BCUT2D eigenvalue weighted by Gasteiger charge is 2.63. The minimum atomic E-state index is -4.51. The molecule has 1 aliphatic heterocycles. The molecule has 1 saturated heterocycles. The van der Waals surface area contributed by atoms with E-state index in [9.17, 15) is 18.0 Å². The maximum Gasteiger partial charge on any atom is 0.420 e. The number of amides is 2. The van der Waals surface area contributed by atoms with Crippen molar-refractivity contribution in [1.29, 1.82) is 0 Å². The molecule has 2 heterocycles. The molecule has 1 aromatic heterocycles. The minimum absolute atomic E-state index is 0.0599. The largest absolute Gasteiger partial charge is 0.420 e. The van der Waals surface area contributed by atoms with Crippen LogP contribution in [-0.2, 0) is 16.7 Å². The van der Waals surface area contributed by atoms with Crippen molar-refractivity contribution in [2.24, 2.45) is 0 Å². The molecule has 130 valence electrons. The average Bonchev–Trinajstić information content (AvgIpc) is 2.82. The Kier molecular flexibility index (Phi) is 4.31. The Morgan fingerprint density at radius 2 is 2.00 bits per heavy atom. The van der Waals surface area contributed by atoms with Gasteiger partial charge in [0.05, 0.1) is 19.6 Å². The first-order valence-electron chi connectivity index (χ1n) is 7.05. The molecule has 0 spiro atoms. The highest BCUT2D eigenvalue weighted by Crippen LogP contribution is 2.40. The number of nitrogens with zero attached hydrogens (tertiary/aromatic N) is 3. The molecular weight excluding hydrogens is 315 g/mol. The fraction of sp³-hybridized carbons (Fsp3) is 0.769. The number of ether oxygens (including phenoxy) is 1. The van der Waals surface area contributed by atoms with Crippen molar-refractivity contribution in [1.82, 2.24) is 25.4 Å². The fourth-order valence-electron chi connectivity index (χ4n) is 2.12. The summed E-state index contributed by atoms with van der Waals surface area (Å²) in [7, 11) is 0.991. The van der Waals surface area contributed by atoms with Gasteiger partial charge in [0.1, 0.15) is 5.82 Å². The molecule has 23 heavy (non-hydrogen) atoms. The van der Waals surface area contributed by atoms with Crippen LogP contribution in [0.1, 0.15) is 32.4 Å². The molecule has 0 atom stereocenters. The molecule has 10 heteroatoms. The van der Waals surface area contributed by atoms with E-state index in [-0.39, 0.29) is 12.0 Å². The number of likely N-dealkylation sites (tertiary alicyclic amines) is 1. The predicted molar refractivity (Wildman–Crippen MR) is 74.7 cm³/mol. The lowest BCUT2D eigenvalue weighted by atomic mass is 9.93. The van der Waals surface area contributed by atoms with E-state index in [0.717, 1.165) is 12.0 Å². The summed E-state index contributed by atoms with van der Waals surface area (Å²) in [6, 6.07) is -0.601. The minimum Gasteiger partial charge on any atom is -0.365 e. The van der Waals surface area contributed by atoms with Crippen LogP contribution in [0, 0.1) is 0 Å². The Morgan fingerprint density at radius 3 is 2.43 bits per heavy atom. The van der Waals surface area contributed by atoms with E-state index in [0.29, 0.717) is 11.6 Å². The van der Waals surface area contributed by atoms with Crippen LogP contribution in [0.2, 0.25) is 0 Å². The molecule has 0 unspecified atom stereocenters. The highest BCUT2D eigenvalue weighted by atomic mass is 19.4. The zero-order valence-electron chi connectivity index (χ0n) is 13.4. The summed E-state index contributed by atoms with van der Waals surface area (Å²) in [6.45, 7) is 4.84. The third kappa shape index (κ3) is 3.41. The fourth-order valence-corrected chi connectivity index (χ4v) is 2.12. The maximum absolute atomic E-state index is 12.9. The van der Waals surface area contributed by atoms with Gasteiger partial charge in [0.25, 0.3) is 0 Å². The number of carbonyl (C=O) groups is 1. The van der Waals surface area contributed by atoms with Crippen LogP contribution in [0.3, 0.4) is 0 Å². The van der Waals surface area contributed by atoms with E-state index in [1.165, 1.54) is 0 Å². The van der Waals surface area contributed by atoms with E-state index >= 15 is 0 Å². The lowest BCUT2D eigenvalue weighted by molar-refractivity contribution is -0.303. The number of nitrogens with one attached hydrogen (secondary N) is 2. The number of hydrogen-bond acceptors (Lipinski definition) is 4. The van der Waals surface area contributed by atoms with Crippen LogP contribution < -0.4 is 5.32 Å². The van der Waals surface area contributed by atoms with Gasteiger partial charge < -0.3 is 15.0 Å². The molecule has 0 aromatic carbocycles. The monoisotopic (exact) mass is 335 g/mol. The van der Waals surface area contributed by atoms with Gasteiger partial charge in [-0.05, 0) is 0 Å². The third-order valence-corrected chi connectivity index (χ3v) is 3.70. The molecule has 1 aromatic rings. The number of urea groups is 1. The standard InChI is InChI=1S/C13H20F3N5O2/c1-11(2,3)9-18-8(19-20-9)5-17-10(22)21-6-12(7-21,23-4)13(14,15)16/h5-7H2,1-4H3,(H,17,22)(H,18,19,20). The van der Waals surface area contributed by atoms with Crippen LogP contribution >= 0.6 is 0 Å². The number of aromatic amines is 1. The van der Waals surface area contributed by atoms with Crippen molar-refractivity contribution in [3.05, 3.63) is 11.6 Å². The first kappa shape index (κ1) is 17.5. The molecule has 2 N–H and O–H groups in total. The molecule has 2 amide bonds. The van der Waals surface area contributed by atoms with E-state index in [2.05, 4.69) is 25.2 Å². The van der Waals surface area contributed by atoms with Gasteiger partial charge in [0, 0.05) is 12.5 Å². The summed E-state index contributed by atoms with van der Waals surface area (Å²) in [5, 5.41) is 9.25. The number of rotatable bonds is 3. The number of H-pyrrole nitrogens is 1. The number of aromatic nitrogens is 3. The summed E-state index contributed by atoms with van der Waals surface area (Å²) >= 11 is 0. The van der Waals surface area contributed by atoms with Gasteiger partial charge in [0.15, 0.2) is 11.4 Å². The Bertz CT molecular complexity index is 573. The molecule has 7 nitrogen and oxygen atoms in total. The van der Waals surface area contributed by atoms with E-state index in [1.54, 1.807) is 0 Å². The van der Waals surface area contributed by atoms with Crippen molar-refractivity contribution in [2.75, 3.05) is 20.2 Å². The van der Waals surface area contributed by atoms with Gasteiger partial charge in [-0.2, -0.15) is 18.3 Å². The lowest BCUT2D eigenvalue weighted by Gasteiger charge is -2.49. The summed E-state index contributed by atoms with van der Waals surface area (Å²) < 4.78 is 43.1. The van der Waals surface area contributed by atoms with Crippen LogP contribution in [0.15, 0.2) is 0 Å². The molecule has 1 fully saturated rings. The Labute approximate surface area is 131 Å². The highest BCUT2D eigenvalue weighted by molar-refractivity contribution is 5.75. The van der Waals surface area contributed by atoms with Gasteiger partial charge in [0.2, 0.25) is 0 Å². The molecular formula is C13H20F3N5O2. The van der Waals surface area contributed by atoms with Gasteiger partial charge in [-0.3, -0.25) is 5.10 Å². The van der Waals surface area contributed by atoms with E-state index in [1.807, 2.05) is 20.8 Å². The molecule has 2 rings (SSSR count). The zero-order chi connectivity index (χ0) is 17.5. The van der Waals surface area contributed by atoms with Crippen LogP contribution in [0.4, 0.5) is 18.0 Å². The smallest absolute Gasteiger partial charge is 0.365 e.